The molecule has 0 N–H and O–H groups in total. The predicted octanol–water partition coefficient (Wildman–Crippen LogP) is 2.15. The highest BCUT2D eigenvalue weighted by atomic mass is 19.1. The molecule has 1 aromatic rings. The fourth-order valence-electron chi connectivity index (χ4n) is 3.56. The Morgan fingerprint density at radius 2 is 1.77 bits per heavy atom. The molecule has 0 spiro atoms. The standard InChI is InChI=1S/C17H21FN2O2/c1-2-20-16(21)11-15(17(20)22)19-9-7-13(8-10-19)12-3-5-14(18)6-4-12/h3-6,13,15H,2,7-11H2,1H3/t15-/m1/s1. The Morgan fingerprint density at radius 3 is 2.32 bits per heavy atom. The van der Waals surface area contributed by atoms with Crippen molar-refractivity contribution in [2.75, 3.05) is 19.6 Å². The third-order valence-electron chi connectivity index (χ3n) is 4.85. The van der Waals surface area contributed by atoms with Gasteiger partial charge in [-0.2, -0.15) is 0 Å². The van der Waals surface area contributed by atoms with Gasteiger partial charge in [-0.15, -0.1) is 0 Å². The van der Waals surface area contributed by atoms with E-state index in [-0.39, 0.29) is 23.7 Å². The summed E-state index contributed by atoms with van der Waals surface area (Å²) in [6.07, 6.45) is 2.19. The van der Waals surface area contributed by atoms with Gasteiger partial charge in [-0.3, -0.25) is 19.4 Å². The number of halogens is 1. The van der Waals surface area contributed by atoms with E-state index in [9.17, 15) is 14.0 Å². The van der Waals surface area contributed by atoms with E-state index in [2.05, 4.69) is 4.90 Å². The molecule has 2 aliphatic rings. The van der Waals surface area contributed by atoms with Crippen LogP contribution in [0.5, 0.6) is 0 Å². The smallest absolute Gasteiger partial charge is 0.247 e. The molecule has 4 nitrogen and oxygen atoms in total. The van der Waals surface area contributed by atoms with Crippen molar-refractivity contribution in [1.82, 2.24) is 9.80 Å². The van der Waals surface area contributed by atoms with Gasteiger partial charge in [-0.05, 0) is 56.5 Å². The van der Waals surface area contributed by atoms with Gasteiger partial charge in [0, 0.05) is 6.54 Å². The van der Waals surface area contributed by atoms with Crippen LogP contribution in [0.15, 0.2) is 24.3 Å². The average molecular weight is 304 g/mol. The Labute approximate surface area is 129 Å². The number of hydrogen-bond acceptors (Lipinski definition) is 3. The molecule has 3 rings (SSSR count). The Morgan fingerprint density at radius 1 is 1.14 bits per heavy atom. The maximum Gasteiger partial charge on any atom is 0.247 e. The van der Waals surface area contributed by atoms with Gasteiger partial charge < -0.3 is 0 Å². The summed E-state index contributed by atoms with van der Waals surface area (Å²) in [5.41, 5.74) is 1.16. The SMILES string of the molecule is CCN1C(=O)C[C@@H](N2CCC(c3ccc(F)cc3)CC2)C1=O. The van der Waals surface area contributed by atoms with Crippen LogP contribution in [0.25, 0.3) is 0 Å². The number of nitrogens with zero attached hydrogens (tertiary/aromatic N) is 2. The molecule has 118 valence electrons. The second-order valence-corrected chi connectivity index (χ2v) is 6.06. The van der Waals surface area contributed by atoms with Crippen molar-refractivity contribution < 1.29 is 14.0 Å². The van der Waals surface area contributed by atoms with E-state index < -0.39 is 0 Å². The van der Waals surface area contributed by atoms with Crippen LogP contribution in [-0.2, 0) is 9.59 Å². The van der Waals surface area contributed by atoms with E-state index in [1.54, 1.807) is 0 Å². The van der Waals surface area contributed by atoms with Gasteiger partial charge in [0.2, 0.25) is 11.8 Å². The molecule has 0 radical (unpaired) electrons. The largest absolute Gasteiger partial charge is 0.291 e. The number of benzene rings is 1. The molecule has 2 saturated heterocycles. The minimum Gasteiger partial charge on any atom is -0.291 e. The fraction of sp³-hybridized carbons (Fsp3) is 0.529. The summed E-state index contributed by atoms with van der Waals surface area (Å²) in [5, 5.41) is 0. The minimum atomic E-state index is -0.276. The highest BCUT2D eigenvalue weighted by Crippen LogP contribution is 2.31. The molecule has 2 aliphatic heterocycles. The number of rotatable bonds is 3. The molecule has 2 amide bonds. The van der Waals surface area contributed by atoms with Crippen LogP contribution in [0.1, 0.15) is 37.7 Å². The Hall–Kier alpha value is -1.75. The first-order chi connectivity index (χ1) is 10.6. The monoisotopic (exact) mass is 304 g/mol. The number of amides is 2. The van der Waals surface area contributed by atoms with E-state index in [1.165, 1.54) is 17.0 Å². The highest BCUT2D eigenvalue weighted by Gasteiger charge is 2.41. The molecule has 1 aromatic carbocycles. The van der Waals surface area contributed by atoms with E-state index in [1.807, 2.05) is 19.1 Å². The number of hydrogen-bond donors (Lipinski definition) is 0. The lowest BCUT2D eigenvalue weighted by Crippen LogP contribution is -2.45. The summed E-state index contributed by atoms with van der Waals surface area (Å²) in [6.45, 7) is 3.91. The van der Waals surface area contributed by atoms with Crippen molar-refractivity contribution in [3.63, 3.8) is 0 Å². The van der Waals surface area contributed by atoms with E-state index in [4.69, 9.17) is 0 Å². The topological polar surface area (TPSA) is 40.6 Å². The lowest BCUT2D eigenvalue weighted by atomic mass is 9.89. The van der Waals surface area contributed by atoms with Crippen LogP contribution in [0, 0.1) is 5.82 Å². The van der Waals surface area contributed by atoms with Crippen LogP contribution in [0.2, 0.25) is 0 Å². The molecule has 2 fully saturated rings. The van der Waals surface area contributed by atoms with Crippen molar-refractivity contribution >= 4 is 11.8 Å². The highest BCUT2D eigenvalue weighted by molar-refractivity contribution is 6.05. The van der Waals surface area contributed by atoms with Gasteiger partial charge in [-0.25, -0.2) is 4.39 Å². The van der Waals surface area contributed by atoms with Gasteiger partial charge in [0.05, 0.1) is 12.5 Å². The summed E-state index contributed by atoms with van der Waals surface area (Å²) in [4.78, 5) is 27.6. The van der Waals surface area contributed by atoms with E-state index in [0.717, 1.165) is 31.5 Å². The van der Waals surface area contributed by atoms with Crippen molar-refractivity contribution in [2.45, 2.75) is 38.1 Å². The zero-order chi connectivity index (χ0) is 15.7. The summed E-state index contributed by atoms with van der Waals surface area (Å²) in [7, 11) is 0. The first kappa shape index (κ1) is 15.2. The van der Waals surface area contributed by atoms with Crippen LogP contribution in [-0.4, -0.2) is 47.3 Å². The van der Waals surface area contributed by atoms with Crippen molar-refractivity contribution in [2.24, 2.45) is 0 Å². The number of likely N-dealkylation sites (tertiary alicyclic amines) is 2. The van der Waals surface area contributed by atoms with Crippen LogP contribution in [0.4, 0.5) is 4.39 Å². The van der Waals surface area contributed by atoms with Crippen LogP contribution < -0.4 is 0 Å². The van der Waals surface area contributed by atoms with Crippen LogP contribution >= 0.6 is 0 Å². The summed E-state index contributed by atoms with van der Waals surface area (Å²) in [6, 6.07) is 6.42. The summed E-state index contributed by atoms with van der Waals surface area (Å²) >= 11 is 0. The molecular weight excluding hydrogens is 283 g/mol. The maximum atomic E-state index is 13.0. The molecule has 0 aliphatic carbocycles. The Kier molecular flexibility index (Phi) is 4.25. The average Bonchev–Trinajstić information content (AvgIpc) is 2.82. The van der Waals surface area contributed by atoms with Gasteiger partial charge in [-0.1, -0.05) is 12.1 Å². The van der Waals surface area contributed by atoms with Crippen LogP contribution in [0.3, 0.4) is 0 Å². The van der Waals surface area contributed by atoms with Crippen molar-refractivity contribution in [3.8, 4) is 0 Å². The first-order valence-corrected chi connectivity index (χ1v) is 7.94. The first-order valence-electron chi connectivity index (χ1n) is 7.94. The normalized spacial score (nSPS) is 24.3. The number of carbonyl (C=O) groups is 2. The number of carbonyl (C=O) groups excluding carboxylic acids is 2. The third kappa shape index (κ3) is 2.77. The Balaban J connectivity index is 1.61. The molecule has 0 saturated carbocycles. The zero-order valence-corrected chi connectivity index (χ0v) is 12.8. The summed E-state index contributed by atoms with van der Waals surface area (Å²) in [5.74, 6) is 0.0909. The molecule has 0 unspecified atom stereocenters. The maximum absolute atomic E-state index is 13.0. The number of likely N-dealkylation sites (N-methyl/N-ethyl adjacent to an activating group) is 1. The number of imide groups is 1. The molecular formula is C17H21FN2O2. The molecule has 0 bridgehead atoms. The molecule has 1 atom stereocenters. The lowest BCUT2D eigenvalue weighted by molar-refractivity contribution is -0.139. The van der Waals surface area contributed by atoms with Gasteiger partial charge in [0.25, 0.3) is 0 Å². The van der Waals surface area contributed by atoms with Gasteiger partial charge >= 0.3 is 0 Å². The van der Waals surface area contributed by atoms with Crippen molar-refractivity contribution in [3.05, 3.63) is 35.6 Å². The lowest BCUT2D eigenvalue weighted by Gasteiger charge is -2.35. The van der Waals surface area contributed by atoms with E-state index in [0.29, 0.717) is 18.9 Å². The van der Waals surface area contributed by atoms with Gasteiger partial charge in [0.15, 0.2) is 0 Å². The summed E-state index contributed by atoms with van der Waals surface area (Å²) < 4.78 is 13.0. The van der Waals surface area contributed by atoms with Gasteiger partial charge in [0.1, 0.15) is 5.82 Å². The minimum absolute atomic E-state index is 0.0484. The Bertz CT molecular complexity index is 565. The fourth-order valence-corrected chi connectivity index (χ4v) is 3.56. The quantitative estimate of drug-likeness (QED) is 0.804. The predicted molar refractivity (Wildman–Crippen MR) is 80.7 cm³/mol. The molecule has 22 heavy (non-hydrogen) atoms. The molecule has 5 heteroatoms. The molecule has 2 heterocycles. The van der Waals surface area contributed by atoms with E-state index >= 15 is 0 Å². The molecule has 0 aromatic heterocycles. The van der Waals surface area contributed by atoms with Crippen molar-refractivity contribution in [1.29, 1.82) is 0 Å². The number of piperidine rings is 1. The third-order valence-corrected chi connectivity index (χ3v) is 4.85. The second-order valence-electron chi connectivity index (χ2n) is 6.06. The second kappa shape index (κ2) is 6.16. The zero-order valence-electron chi connectivity index (χ0n) is 12.8.